The molecule has 2 saturated heterocycles. The second kappa shape index (κ2) is 9.03. The first kappa shape index (κ1) is 21.1. The van der Waals surface area contributed by atoms with Crippen LogP contribution in [0.15, 0.2) is 66.9 Å². The van der Waals surface area contributed by atoms with Gasteiger partial charge in [-0.05, 0) is 74.0 Å². The second-order valence-electron chi connectivity index (χ2n) is 9.96. The van der Waals surface area contributed by atoms with Crippen LogP contribution in [0.1, 0.15) is 37.3 Å². The maximum atomic E-state index is 13.5. The van der Waals surface area contributed by atoms with Crippen LogP contribution >= 0.6 is 0 Å². The van der Waals surface area contributed by atoms with Crippen molar-refractivity contribution in [3.05, 3.63) is 78.0 Å². The van der Waals surface area contributed by atoms with Gasteiger partial charge in [-0.15, -0.1) is 0 Å². The SMILES string of the molecule is CC1(C(=O)N2CCC(Cc3ccc4ncccc4c3)C2)CCN(Cc2ccccc2)CC1. The number of pyridine rings is 1. The zero-order valence-corrected chi connectivity index (χ0v) is 19.0. The van der Waals surface area contributed by atoms with E-state index in [1.165, 1.54) is 16.5 Å². The van der Waals surface area contributed by atoms with E-state index in [-0.39, 0.29) is 5.41 Å². The lowest BCUT2D eigenvalue weighted by Crippen LogP contribution is -2.48. The normalized spacial score (nSPS) is 21.2. The van der Waals surface area contributed by atoms with Gasteiger partial charge in [0.25, 0.3) is 0 Å². The number of aromatic nitrogens is 1. The summed E-state index contributed by atoms with van der Waals surface area (Å²) in [6, 6.07) is 21.3. The molecule has 32 heavy (non-hydrogen) atoms. The van der Waals surface area contributed by atoms with E-state index in [0.717, 1.165) is 63.9 Å². The van der Waals surface area contributed by atoms with Crippen LogP contribution in [0.5, 0.6) is 0 Å². The van der Waals surface area contributed by atoms with Crippen molar-refractivity contribution in [3.8, 4) is 0 Å². The third-order valence-electron chi connectivity index (χ3n) is 7.49. The number of benzene rings is 2. The number of hydrogen-bond acceptors (Lipinski definition) is 3. The lowest BCUT2D eigenvalue weighted by atomic mass is 9.79. The molecule has 1 aromatic heterocycles. The molecule has 1 atom stereocenters. The van der Waals surface area contributed by atoms with Gasteiger partial charge in [0.15, 0.2) is 0 Å². The van der Waals surface area contributed by atoms with E-state index in [0.29, 0.717) is 11.8 Å². The summed E-state index contributed by atoms with van der Waals surface area (Å²) in [5.74, 6) is 0.928. The molecule has 1 unspecified atom stereocenters. The van der Waals surface area contributed by atoms with Gasteiger partial charge in [0.05, 0.1) is 5.52 Å². The highest BCUT2D eigenvalue weighted by Gasteiger charge is 2.41. The van der Waals surface area contributed by atoms with Crippen LogP contribution in [0.3, 0.4) is 0 Å². The topological polar surface area (TPSA) is 36.4 Å². The molecule has 0 spiro atoms. The lowest BCUT2D eigenvalue weighted by Gasteiger charge is -2.40. The minimum Gasteiger partial charge on any atom is -0.342 e. The standard InChI is InChI=1S/C28H33N3O/c1-28(12-16-30(17-13-28)20-22-6-3-2-4-7-22)27(32)31-15-11-24(21-31)18-23-9-10-26-25(19-23)8-5-14-29-26/h2-10,14,19,24H,11-13,15-18,20-21H2,1H3. The Bertz CT molecular complexity index is 1070. The first-order valence-electron chi connectivity index (χ1n) is 12.0. The first-order valence-corrected chi connectivity index (χ1v) is 12.0. The van der Waals surface area contributed by atoms with Gasteiger partial charge >= 0.3 is 0 Å². The summed E-state index contributed by atoms with van der Waals surface area (Å²) in [6.45, 7) is 6.98. The highest BCUT2D eigenvalue weighted by atomic mass is 16.2. The Hall–Kier alpha value is -2.72. The average Bonchev–Trinajstić information content (AvgIpc) is 3.29. The molecule has 166 valence electrons. The molecule has 0 N–H and O–H groups in total. The van der Waals surface area contributed by atoms with Gasteiger partial charge in [0.2, 0.25) is 5.91 Å². The quantitative estimate of drug-likeness (QED) is 0.579. The molecular weight excluding hydrogens is 394 g/mol. The summed E-state index contributed by atoms with van der Waals surface area (Å²) in [7, 11) is 0. The van der Waals surface area contributed by atoms with E-state index in [2.05, 4.69) is 76.3 Å². The van der Waals surface area contributed by atoms with Crippen molar-refractivity contribution in [1.82, 2.24) is 14.8 Å². The smallest absolute Gasteiger partial charge is 0.228 e. The van der Waals surface area contributed by atoms with Crippen LogP contribution in [0.4, 0.5) is 0 Å². The largest absolute Gasteiger partial charge is 0.342 e. The Labute approximate surface area is 191 Å². The highest BCUT2D eigenvalue weighted by Crippen LogP contribution is 2.35. The minimum absolute atomic E-state index is 0.212. The maximum absolute atomic E-state index is 13.5. The summed E-state index contributed by atoms with van der Waals surface area (Å²) in [6.07, 6.45) is 5.90. The summed E-state index contributed by atoms with van der Waals surface area (Å²) in [4.78, 5) is 22.5. The fraction of sp³-hybridized carbons (Fsp3) is 0.429. The van der Waals surface area contributed by atoms with Crippen LogP contribution in [-0.2, 0) is 17.8 Å². The zero-order chi connectivity index (χ0) is 22.0. The first-order chi connectivity index (χ1) is 15.6. The number of amides is 1. The van der Waals surface area contributed by atoms with Gasteiger partial charge in [-0.25, -0.2) is 0 Å². The summed E-state index contributed by atoms with van der Waals surface area (Å²) < 4.78 is 0. The third-order valence-corrected chi connectivity index (χ3v) is 7.49. The van der Waals surface area contributed by atoms with Crippen LogP contribution in [0.2, 0.25) is 0 Å². The third kappa shape index (κ3) is 4.56. The van der Waals surface area contributed by atoms with Crippen LogP contribution in [0.25, 0.3) is 10.9 Å². The number of likely N-dealkylation sites (tertiary alicyclic amines) is 2. The molecule has 0 saturated carbocycles. The van der Waals surface area contributed by atoms with Crippen molar-refractivity contribution in [2.24, 2.45) is 11.3 Å². The Balaban J connectivity index is 1.15. The Kier molecular flexibility index (Phi) is 5.97. The lowest BCUT2D eigenvalue weighted by molar-refractivity contribution is -0.143. The molecule has 0 bridgehead atoms. The monoisotopic (exact) mass is 427 g/mol. The van der Waals surface area contributed by atoms with E-state index >= 15 is 0 Å². The number of rotatable bonds is 5. The minimum atomic E-state index is -0.212. The van der Waals surface area contributed by atoms with Gasteiger partial charge in [0.1, 0.15) is 0 Å². The zero-order valence-electron chi connectivity index (χ0n) is 19.0. The number of fused-ring (bicyclic) bond motifs is 1. The molecule has 0 aliphatic carbocycles. The van der Waals surface area contributed by atoms with Gasteiger partial charge in [-0.3, -0.25) is 14.7 Å². The molecule has 4 heteroatoms. The number of carbonyl (C=O) groups excluding carboxylic acids is 1. The average molecular weight is 428 g/mol. The number of piperidine rings is 1. The van der Waals surface area contributed by atoms with Crippen molar-refractivity contribution in [3.63, 3.8) is 0 Å². The Morgan fingerprint density at radius 1 is 1.00 bits per heavy atom. The van der Waals surface area contributed by atoms with Gasteiger partial charge in [-0.2, -0.15) is 0 Å². The van der Waals surface area contributed by atoms with E-state index in [1.54, 1.807) is 0 Å². The predicted molar refractivity (Wildman–Crippen MR) is 129 cm³/mol. The van der Waals surface area contributed by atoms with Crippen molar-refractivity contribution in [2.75, 3.05) is 26.2 Å². The molecule has 2 aliphatic rings. The maximum Gasteiger partial charge on any atom is 0.228 e. The van der Waals surface area contributed by atoms with E-state index in [4.69, 9.17) is 0 Å². The van der Waals surface area contributed by atoms with Gasteiger partial charge in [-0.1, -0.05) is 49.4 Å². The number of hydrogen-bond donors (Lipinski definition) is 0. The van der Waals surface area contributed by atoms with E-state index < -0.39 is 0 Å². The van der Waals surface area contributed by atoms with Crippen molar-refractivity contribution in [1.29, 1.82) is 0 Å². The van der Waals surface area contributed by atoms with Crippen LogP contribution < -0.4 is 0 Å². The Morgan fingerprint density at radius 2 is 1.81 bits per heavy atom. The number of nitrogens with zero attached hydrogens (tertiary/aromatic N) is 3. The van der Waals surface area contributed by atoms with Crippen LogP contribution in [-0.4, -0.2) is 46.9 Å². The molecule has 5 rings (SSSR count). The van der Waals surface area contributed by atoms with E-state index in [9.17, 15) is 4.79 Å². The van der Waals surface area contributed by atoms with Gasteiger partial charge in [0, 0.05) is 36.6 Å². The Morgan fingerprint density at radius 3 is 2.62 bits per heavy atom. The van der Waals surface area contributed by atoms with Crippen molar-refractivity contribution < 1.29 is 4.79 Å². The fourth-order valence-corrected chi connectivity index (χ4v) is 5.41. The van der Waals surface area contributed by atoms with E-state index in [1.807, 2.05) is 12.3 Å². The molecule has 2 fully saturated rings. The van der Waals surface area contributed by atoms with Gasteiger partial charge < -0.3 is 4.90 Å². The molecule has 2 aromatic carbocycles. The molecule has 4 nitrogen and oxygen atoms in total. The molecule has 0 radical (unpaired) electrons. The highest BCUT2D eigenvalue weighted by molar-refractivity contribution is 5.83. The van der Waals surface area contributed by atoms with Crippen molar-refractivity contribution in [2.45, 2.75) is 39.2 Å². The summed E-state index contributed by atoms with van der Waals surface area (Å²) in [5.41, 5.74) is 3.54. The van der Waals surface area contributed by atoms with Crippen LogP contribution in [0, 0.1) is 11.3 Å². The molecular formula is C28H33N3O. The summed E-state index contributed by atoms with van der Waals surface area (Å²) in [5, 5.41) is 1.20. The predicted octanol–water partition coefficient (Wildman–Crippen LogP) is 4.93. The van der Waals surface area contributed by atoms with Crippen molar-refractivity contribution >= 4 is 16.8 Å². The second-order valence-corrected chi connectivity index (χ2v) is 9.96. The molecule has 2 aliphatic heterocycles. The molecule has 3 heterocycles. The molecule has 1 amide bonds. The number of carbonyl (C=O) groups is 1. The summed E-state index contributed by atoms with van der Waals surface area (Å²) >= 11 is 0. The fourth-order valence-electron chi connectivity index (χ4n) is 5.41. The molecule has 3 aromatic rings.